The van der Waals surface area contributed by atoms with Crippen LogP contribution in [0.4, 0.5) is 0 Å². The van der Waals surface area contributed by atoms with Gasteiger partial charge in [-0.2, -0.15) is 0 Å². The molecular weight excluding hydrogens is 581 g/mol. The summed E-state index contributed by atoms with van der Waals surface area (Å²) in [7, 11) is 0. The topological polar surface area (TPSA) is 6.48 Å². The second-order valence-corrected chi connectivity index (χ2v) is 16.1. The molecule has 1 heterocycles. The van der Waals surface area contributed by atoms with Crippen molar-refractivity contribution < 1.29 is 0 Å². The number of rotatable bonds is 40. The molecule has 1 atom stereocenters. The second-order valence-electron chi connectivity index (χ2n) is 16.1. The summed E-state index contributed by atoms with van der Waals surface area (Å²) in [6.45, 7) is 9.49. The Morgan fingerprint density at radius 1 is 0.271 bits per heavy atom. The number of nitrogens with zero attached hydrogens (tertiary/aromatic N) is 2. The second kappa shape index (κ2) is 37.6. The lowest BCUT2D eigenvalue weighted by atomic mass is 10.0. The zero-order valence-electron chi connectivity index (χ0n) is 33.9. The molecule has 1 unspecified atom stereocenters. The van der Waals surface area contributed by atoms with Gasteiger partial charge in [-0.15, -0.1) is 0 Å². The Labute approximate surface area is 305 Å². The summed E-state index contributed by atoms with van der Waals surface area (Å²) in [4.78, 5) is 5.46. The minimum absolute atomic E-state index is 0.637. The van der Waals surface area contributed by atoms with Gasteiger partial charge in [0.05, 0.1) is 0 Å². The molecule has 1 aliphatic heterocycles. The average molecular weight is 673 g/mol. The fourth-order valence-corrected chi connectivity index (χ4v) is 7.95. The van der Waals surface area contributed by atoms with Gasteiger partial charge < -0.3 is 9.80 Å². The van der Waals surface area contributed by atoms with Gasteiger partial charge in [0.1, 0.15) is 6.17 Å². The van der Waals surface area contributed by atoms with Crippen LogP contribution in [0.25, 0.3) is 0 Å². The minimum Gasteiger partial charge on any atom is -0.356 e. The Morgan fingerprint density at radius 2 is 0.479 bits per heavy atom. The highest BCUT2D eigenvalue weighted by Crippen LogP contribution is 2.24. The third-order valence-electron chi connectivity index (χ3n) is 11.3. The summed E-state index contributed by atoms with van der Waals surface area (Å²) in [5.74, 6) is 0. The molecule has 0 fully saturated rings. The van der Waals surface area contributed by atoms with Crippen LogP contribution in [-0.4, -0.2) is 29.1 Å². The Hall–Kier alpha value is -0.660. The first-order valence-electron chi connectivity index (χ1n) is 23.0. The highest BCUT2D eigenvalue weighted by atomic mass is 15.4. The Bertz CT molecular complexity index is 630. The molecule has 48 heavy (non-hydrogen) atoms. The molecule has 0 aromatic carbocycles. The van der Waals surface area contributed by atoms with Crippen molar-refractivity contribution in [3.8, 4) is 0 Å². The van der Waals surface area contributed by atoms with Crippen LogP contribution in [0.2, 0.25) is 0 Å². The molecule has 0 aliphatic carbocycles. The van der Waals surface area contributed by atoms with Crippen molar-refractivity contribution in [1.29, 1.82) is 0 Å². The normalized spacial score (nSPS) is 14.6. The molecule has 0 spiro atoms. The van der Waals surface area contributed by atoms with E-state index in [0.29, 0.717) is 6.17 Å². The summed E-state index contributed by atoms with van der Waals surface area (Å²) < 4.78 is 0. The molecule has 286 valence electrons. The molecular formula is C46H92N2. The molecule has 0 bridgehead atoms. The van der Waals surface area contributed by atoms with E-state index in [4.69, 9.17) is 0 Å². The Balaban J connectivity index is 2.19. The van der Waals surface area contributed by atoms with Crippen molar-refractivity contribution in [2.45, 2.75) is 271 Å². The maximum Gasteiger partial charge on any atom is 0.101 e. The van der Waals surface area contributed by atoms with E-state index in [-0.39, 0.29) is 0 Å². The summed E-state index contributed by atoms with van der Waals surface area (Å²) in [6, 6.07) is 0. The van der Waals surface area contributed by atoms with E-state index in [9.17, 15) is 0 Å². The number of unbranched alkanes of at least 4 members (excludes halogenated alkanes) is 34. The lowest BCUT2D eigenvalue weighted by Gasteiger charge is -2.33. The third kappa shape index (κ3) is 29.1. The summed E-state index contributed by atoms with van der Waals surface area (Å²) in [5, 5.41) is 0. The van der Waals surface area contributed by atoms with E-state index in [0.717, 1.165) is 0 Å². The predicted molar refractivity (Wildman–Crippen MR) is 219 cm³/mol. The molecule has 1 aliphatic rings. The molecule has 0 radical (unpaired) electrons. The molecule has 0 aromatic rings. The van der Waals surface area contributed by atoms with Crippen LogP contribution in [0.15, 0.2) is 12.4 Å². The van der Waals surface area contributed by atoms with E-state index in [1.807, 2.05) is 0 Å². The SMILES string of the molecule is CCCCCCCCCCCCCCCCCN1C=CN(CCCCCCCCCCC)C1CCCCCCCCCCCCCCC. The van der Waals surface area contributed by atoms with Gasteiger partial charge in [0.2, 0.25) is 0 Å². The standard InChI is InChI=1S/C46H92N2/c1-4-7-10-13-16-19-21-23-24-26-28-31-34-37-40-43-48-45-44-47(42-39-36-33-30-18-15-12-9-6-3)46(48)41-38-35-32-29-27-25-22-20-17-14-11-8-5-2/h44-46H,4-43H2,1-3H3. The molecule has 0 amide bonds. The van der Waals surface area contributed by atoms with E-state index < -0.39 is 0 Å². The van der Waals surface area contributed by atoms with Gasteiger partial charge in [0.15, 0.2) is 0 Å². The maximum atomic E-state index is 2.73. The zero-order chi connectivity index (χ0) is 34.4. The summed E-state index contributed by atoms with van der Waals surface area (Å²) >= 11 is 0. The van der Waals surface area contributed by atoms with Crippen LogP contribution in [0.5, 0.6) is 0 Å². The van der Waals surface area contributed by atoms with Crippen molar-refractivity contribution in [2.75, 3.05) is 13.1 Å². The van der Waals surface area contributed by atoms with Crippen LogP contribution >= 0.6 is 0 Å². The largest absolute Gasteiger partial charge is 0.356 e. The van der Waals surface area contributed by atoms with Gasteiger partial charge in [-0.1, -0.05) is 239 Å². The Kier molecular flexibility index (Phi) is 35.5. The van der Waals surface area contributed by atoms with Crippen molar-refractivity contribution in [3.63, 3.8) is 0 Å². The monoisotopic (exact) mass is 673 g/mol. The zero-order valence-corrected chi connectivity index (χ0v) is 33.9. The van der Waals surface area contributed by atoms with Gasteiger partial charge in [-0.05, 0) is 25.7 Å². The van der Waals surface area contributed by atoms with Crippen LogP contribution in [0.1, 0.15) is 265 Å². The highest BCUT2D eigenvalue weighted by molar-refractivity contribution is 4.97. The van der Waals surface area contributed by atoms with Gasteiger partial charge >= 0.3 is 0 Å². The molecule has 2 nitrogen and oxygen atoms in total. The van der Waals surface area contributed by atoms with Crippen molar-refractivity contribution in [3.05, 3.63) is 12.4 Å². The summed E-state index contributed by atoms with van der Waals surface area (Å²) in [6.07, 6.45) is 60.4. The first kappa shape index (κ1) is 45.4. The van der Waals surface area contributed by atoms with E-state index in [2.05, 4.69) is 43.0 Å². The van der Waals surface area contributed by atoms with Crippen molar-refractivity contribution in [1.82, 2.24) is 9.80 Å². The van der Waals surface area contributed by atoms with Crippen molar-refractivity contribution in [2.24, 2.45) is 0 Å². The fourth-order valence-electron chi connectivity index (χ4n) is 7.95. The first-order valence-corrected chi connectivity index (χ1v) is 23.0. The highest BCUT2D eigenvalue weighted by Gasteiger charge is 2.24. The number of hydrogen-bond acceptors (Lipinski definition) is 2. The molecule has 0 N–H and O–H groups in total. The lowest BCUT2D eigenvalue weighted by molar-refractivity contribution is 0.135. The van der Waals surface area contributed by atoms with E-state index in [1.54, 1.807) is 0 Å². The molecule has 0 aromatic heterocycles. The smallest absolute Gasteiger partial charge is 0.101 e. The van der Waals surface area contributed by atoms with Gasteiger partial charge in [0.25, 0.3) is 0 Å². The van der Waals surface area contributed by atoms with Gasteiger partial charge in [0, 0.05) is 25.5 Å². The van der Waals surface area contributed by atoms with E-state index >= 15 is 0 Å². The quantitative estimate of drug-likeness (QED) is 0.0598. The summed E-state index contributed by atoms with van der Waals surface area (Å²) in [5.41, 5.74) is 0. The van der Waals surface area contributed by atoms with Crippen molar-refractivity contribution >= 4 is 0 Å². The molecule has 0 saturated heterocycles. The fraction of sp³-hybridized carbons (Fsp3) is 0.957. The first-order chi connectivity index (χ1) is 23.8. The van der Waals surface area contributed by atoms with Gasteiger partial charge in [-0.3, -0.25) is 0 Å². The third-order valence-corrected chi connectivity index (χ3v) is 11.3. The van der Waals surface area contributed by atoms with E-state index in [1.165, 1.54) is 257 Å². The van der Waals surface area contributed by atoms with Crippen LogP contribution < -0.4 is 0 Å². The van der Waals surface area contributed by atoms with Crippen LogP contribution in [-0.2, 0) is 0 Å². The molecule has 0 saturated carbocycles. The Morgan fingerprint density at radius 3 is 0.729 bits per heavy atom. The van der Waals surface area contributed by atoms with Crippen LogP contribution in [0.3, 0.4) is 0 Å². The van der Waals surface area contributed by atoms with Gasteiger partial charge in [-0.25, -0.2) is 0 Å². The van der Waals surface area contributed by atoms with Crippen LogP contribution in [0, 0.1) is 0 Å². The molecule has 2 heteroatoms. The lowest BCUT2D eigenvalue weighted by Crippen LogP contribution is -2.39. The number of hydrogen-bond donors (Lipinski definition) is 0. The average Bonchev–Trinajstić information content (AvgIpc) is 3.48. The predicted octanol–water partition coefficient (Wildman–Crippen LogP) is 16.3. The minimum atomic E-state index is 0.637. The maximum absolute atomic E-state index is 2.73. The molecule has 1 rings (SSSR count).